The van der Waals surface area contributed by atoms with Gasteiger partial charge in [-0.2, -0.15) is 18.3 Å². The molecule has 0 saturated carbocycles. The molecule has 0 saturated heterocycles. The van der Waals surface area contributed by atoms with E-state index >= 15 is 0 Å². The van der Waals surface area contributed by atoms with E-state index in [0.29, 0.717) is 0 Å². The molecule has 0 spiro atoms. The van der Waals surface area contributed by atoms with E-state index in [1.54, 1.807) is 6.07 Å². The predicted molar refractivity (Wildman–Crippen MR) is 50.8 cm³/mol. The number of pyridine rings is 1. The molecule has 0 bridgehead atoms. The number of rotatable bonds is 1. The molecule has 0 aliphatic carbocycles. The summed E-state index contributed by atoms with van der Waals surface area (Å²) < 4.78 is 38.6. The Bertz CT molecular complexity index is 490. The number of nitrogen functional groups attached to an aromatic ring is 1. The standard InChI is InChI=1S/C9H7F3N4/c10-9(11,12)6-4-7(13)15-8(5-6)16-3-1-2-14-16/h1-5H,(H2,13,15). The fourth-order valence-electron chi connectivity index (χ4n) is 1.22. The highest BCUT2D eigenvalue weighted by Crippen LogP contribution is 2.30. The molecule has 0 fully saturated rings. The molecule has 0 amide bonds. The second kappa shape index (κ2) is 3.51. The van der Waals surface area contributed by atoms with Crippen LogP contribution in [0.5, 0.6) is 0 Å². The highest BCUT2D eigenvalue weighted by Gasteiger charge is 2.31. The Kier molecular flexibility index (Phi) is 2.30. The van der Waals surface area contributed by atoms with Crippen LogP contribution in [0, 0.1) is 0 Å². The molecular formula is C9H7F3N4. The average Bonchev–Trinajstić information content (AvgIpc) is 2.68. The summed E-state index contributed by atoms with van der Waals surface area (Å²) in [6, 6.07) is 3.26. The minimum Gasteiger partial charge on any atom is -0.384 e. The number of hydrogen-bond acceptors (Lipinski definition) is 3. The van der Waals surface area contributed by atoms with Gasteiger partial charge in [0.2, 0.25) is 0 Å². The van der Waals surface area contributed by atoms with E-state index in [9.17, 15) is 13.2 Å². The second-order valence-corrected chi connectivity index (χ2v) is 3.09. The zero-order valence-corrected chi connectivity index (χ0v) is 7.94. The molecule has 2 aromatic heterocycles. The Morgan fingerprint density at radius 3 is 2.56 bits per heavy atom. The number of nitrogens with zero attached hydrogens (tertiary/aromatic N) is 3. The van der Waals surface area contributed by atoms with Crippen LogP contribution in [0.4, 0.5) is 19.0 Å². The number of aromatic nitrogens is 3. The topological polar surface area (TPSA) is 56.7 Å². The number of alkyl halides is 3. The van der Waals surface area contributed by atoms with Crippen LogP contribution < -0.4 is 5.73 Å². The van der Waals surface area contributed by atoms with Crippen LogP contribution in [0.25, 0.3) is 5.82 Å². The Hall–Kier alpha value is -2.05. The minimum atomic E-state index is -4.45. The van der Waals surface area contributed by atoms with Crippen molar-refractivity contribution in [2.75, 3.05) is 5.73 Å². The lowest BCUT2D eigenvalue weighted by atomic mass is 10.2. The predicted octanol–water partition coefficient (Wildman–Crippen LogP) is 1.87. The monoisotopic (exact) mass is 228 g/mol. The van der Waals surface area contributed by atoms with Gasteiger partial charge in [0.25, 0.3) is 0 Å². The Morgan fingerprint density at radius 1 is 1.25 bits per heavy atom. The first-order chi connectivity index (χ1) is 7.47. The van der Waals surface area contributed by atoms with Crippen LogP contribution in [0.3, 0.4) is 0 Å². The first-order valence-electron chi connectivity index (χ1n) is 4.31. The molecule has 2 N–H and O–H groups in total. The van der Waals surface area contributed by atoms with Gasteiger partial charge in [-0.3, -0.25) is 0 Å². The maximum atomic E-state index is 12.5. The summed E-state index contributed by atoms with van der Waals surface area (Å²) in [6.07, 6.45) is -1.51. The molecule has 0 atom stereocenters. The van der Waals surface area contributed by atoms with Crippen molar-refractivity contribution in [1.29, 1.82) is 0 Å². The van der Waals surface area contributed by atoms with Gasteiger partial charge in [-0.25, -0.2) is 9.67 Å². The van der Waals surface area contributed by atoms with Crippen LogP contribution in [0.1, 0.15) is 5.56 Å². The summed E-state index contributed by atoms with van der Waals surface area (Å²) in [5.74, 6) is -0.155. The smallest absolute Gasteiger partial charge is 0.384 e. The highest BCUT2D eigenvalue weighted by molar-refractivity contribution is 5.41. The van der Waals surface area contributed by atoms with Crippen molar-refractivity contribution in [2.24, 2.45) is 0 Å². The van der Waals surface area contributed by atoms with Crippen molar-refractivity contribution >= 4 is 5.82 Å². The number of halogens is 3. The van der Waals surface area contributed by atoms with Gasteiger partial charge in [0, 0.05) is 12.4 Å². The Balaban J connectivity index is 2.53. The van der Waals surface area contributed by atoms with Crippen LogP contribution in [-0.2, 0) is 6.18 Å². The molecule has 84 valence electrons. The molecule has 0 aliphatic rings. The first kappa shape index (κ1) is 10.5. The fourth-order valence-corrected chi connectivity index (χ4v) is 1.22. The van der Waals surface area contributed by atoms with Gasteiger partial charge in [-0.1, -0.05) is 0 Å². The van der Waals surface area contributed by atoms with Gasteiger partial charge in [0.15, 0.2) is 5.82 Å². The number of anilines is 1. The SMILES string of the molecule is Nc1cc(C(F)(F)F)cc(-n2cccn2)n1. The summed E-state index contributed by atoms with van der Waals surface area (Å²) in [6.45, 7) is 0. The van der Waals surface area contributed by atoms with E-state index in [1.165, 1.54) is 17.1 Å². The molecule has 2 heterocycles. The Labute approximate surface area is 88.5 Å². The van der Waals surface area contributed by atoms with Crippen molar-refractivity contribution < 1.29 is 13.2 Å². The van der Waals surface area contributed by atoms with Gasteiger partial charge in [0.05, 0.1) is 5.56 Å². The van der Waals surface area contributed by atoms with Crippen LogP contribution >= 0.6 is 0 Å². The molecule has 0 aliphatic heterocycles. The van der Waals surface area contributed by atoms with Gasteiger partial charge in [-0.05, 0) is 18.2 Å². The molecule has 0 radical (unpaired) electrons. The van der Waals surface area contributed by atoms with E-state index in [-0.39, 0.29) is 11.6 Å². The lowest BCUT2D eigenvalue weighted by molar-refractivity contribution is -0.137. The molecule has 0 unspecified atom stereocenters. The van der Waals surface area contributed by atoms with Crippen molar-refractivity contribution in [1.82, 2.24) is 14.8 Å². The number of hydrogen-bond donors (Lipinski definition) is 1. The second-order valence-electron chi connectivity index (χ2n) is 3.09. The zero-order valence-electron chi connectivity index (χ0n) is 7.94. The molecular weight excluding hydrogens is 221 g/mol. The largest absolute Gasteiger partial charge is 0.416 e. The van der Waals surface area contributed by atoms with Crippen LogP contribution in [0.15, 0.2) is 30.6 Å². The number of nitrogens with two attached hydrogens (primary N) is 1. The minimum absolute atomic E-state index is 0.0392. The van der Waals surface area contributed by atoms with Gasteiger partial charge in [-0.15, -0.1) is 0 Å². The molecule has 4 nitrogen and oxygen atoms in total. The third-order valence-electron chi connectivity index (χ3n) is 1.90. The summed E-state index contributed by atoms with van der Waals surface area (Å²) in [7, 11) is 0. The van der Waals surface area contributed by atoms with E-state index in [0.717, 1.165) is 12.1 Å². The summed E-state index contributed by atoms with van der Waals surface area (Å²) >= 11 is 0. The van der Waals surface area contributed by atoms with E-state index in [1.807, 2.05) is 0 Å². The van der Waals surface area contributed by atoms with E-state index in [2.05, 4.69) is 10.1 Å². The third-order valence-corrected chi connectivity index (χ3v) is 1.90. The lowest BCUT2D eigenvalue weighted by Crippen LogP contribution is -2.09. The van der Waals surface area contributed by atoms with Gasteiger partial charge in [0.1, 0.15) is 5.82 Å². The summed E-state index contributed by atoms with van der Waals surface area (Å²) in [5.41, 5.74) is 4.47. The summed E-state index contributed by atoms with van der Waals surface area (Å²) in [5, 5.41) is 3.78. The maximum Gasteiger partial charge on any atom is 0.416 e. The van der Waals surface area contributed by atoms with Crippen molar-refractivity contribution in [2.45, 2.75) is 6.18 Å². The third kappa shape index (κ3) is 1.97. The van der Waals surface area contributed by atoms with E-state index in [4.69, 9.17) is 5.73 Å². The Morgan fingerprint density at radius 2 is 2.00 bits per heavy atom. The molecule has 2 aromatic rings. The van der Waals surface area contributed by atoms with Crippen molar-refractivity contribution in [3.8, 4) is 5.82 Å². The van der Waals surface area contributed by atoms with Gasteiger partial charge >= 0.3 is 6.18 Å². The van der Waals surface area contributed by atoms with Crippen molar-refractivity contribution in [3.63, 3.8) is 0 Å². The summed E-state index contributed by atoms with van der Waals surface area (Å²) in [4.78, 5) is 3.77. The molecule has 7 heteroatoms. The lowest BCUT2D eigenvalue weighted by Gasteiger charge is -2.09. The molecule has 0 aromatic carbocycles. The highest BCUT2D eigenvalue weighted by atomic mass is 19.4. The average molecular weight is 228 g/mol. The zero-order chi connectivity index (χ0) is 11.8. The molecule has 2 rings (SSSR count). The first-order valence-corrected chi connectivity index (χ1v) is 4.31. The van der Waals surface area contributed by atoms with E-state index < -0.39 is 11.7 Å². The van der Waals surface area contributed by atoms with Crippen LogP contribution in [-0.4, -0.2) is 14.8 Å². The van der Waals surface area contributed by atoms with Crippen LogP contribution in [0.2, 0.25) is 0 Å². The van der Waals surface area contributed by atoms with Crippen molar-refractivity contribution in [3.05, 3.63) is 36.2 Å². The normalized spacial score (nSPS) is 11.7. The van der Waals surface area contributed by atoms with Gasteiger partial charge < -0.3 is 5.73 Å². The fraction of sp³-hybridized carbons (Fsp3) is 0.111. The molecule has 16 heavy (non-hydrogen) atoms. The maximum absolute atomic E-state index is 12.5. The quantitative estimate of drug-likeness (QED) is 0.810.